The number of hydrogen-bond acceptors (Lipinski definition) is 3. The molecule has 1 aliphatic heterocycles. The third-order valence-corrected chi connectivity index (χ3v) is 3.43. The molecule has 1 amide bonds. The zero-order valence-corrected chi connectivity index (χ0v) is 10.7. The lowest BCUT2D eigenvalue weighted by Gasteiger charge is -2.11. The van der Waals surface area contributed by atoms with Crippen molar-refractivity contribution >= 4 is 11.6 Å². The van der Waals surface area contributed by atoms with Crippen molar-refractivity contribution in [2.45, 2.75) is 19.8 Å². The van der Waals surface area contributed by atoms with Gasteiger partial charge in [0.25, 0.3) is 5.91 Å². The summed E-state index contributed by atoms with van der Waals surface area (Å²) in [6.07, 6.45) is 2.07. The molecule has 0 aliphatic carbocycles. The van der Waals surface area contributed by atoms with Crippen molar-refractivity contribution in [2.24, 2.45) is 5.92 Å². The molecule has 0 aromatic heterocycles. The monoisotopic (exact) mass is 248 g/mol. The molecule has 4 heteroatoms. The fraction of sp³-hybridized carbons (Fsp3) is 0.500. The number of benzene rings is 1. The summed E-state index contributed by atoms with van der Waals surface area (Å²) >= 11 is 0. The van der Waals surface area contributed by atoms with Crippen molar-refractivity contribution in [1.29, 1.82) is 0 Å². The van der Waals surface area contributed by atoms with Gasteiger partial charge < -0.3 is 15.8 Å². The van der Waals surface area contributed by atoms with E-state index >= 15 is 0 Å². The van der Waals surface area contributed by atoms with E-state index in [-0.39, 0.29) is 5.91 Å². The molecule has 0 bridgehead atoms. The predicted octanol–water partition coefficient (Wildman–Crippen LogP) is 1.73. The van der Waals surface area contributed by atoms with Crippen LogP contribution in [-0.4, -0.2) is 25.7 Å². The van der Waals surface area contributed by atoms with Crippen LogP contribution >= 0.6 is 0 Å². The Hall–Kier alpha value is -1.55. The number of carbonyl (C=O) groups excluding carboxylic acids is 1. The summed E-state index contributed by atoms with van der Waals surface area (Å²) in [5, 5.41) is 2.92. The van der Waals surface area contributed by atoms with Gasteiger partial charge in [-0.25, -0.2) is 0 Å². The number of nitrogen functional groups attached to an aromatic ring is 1. The van der Waals surface area contributed by atoms with Crippen LogP contribution in [0, 0.1) is 12.8 Å². The Balaban J connectivity index is 1.85. The standard InChI is InChI=1S/C14H20N2O2/c1-10-3-2-4-12(13(10)15)14(17)16-7-5-11-6-8-18-9-11/h2-4,11H,5-9,15H2,1H3,(H,16,17). The van der Waals surface area contributed by atoms with Gasteiger partial charge >= 0.3 is 0 Å². The highest BCUT2D eigenvalue weighted by Gasteiger charge is 2.16. The molecule has 3 N–H and O–H groups in total. The average Bonchev–Trinajstić information content (AvgIpc) is 2.85. The van der Waals surface area contributed by atoms with Gasteiger partial charge in [-0.2, -0.15) is 0 Å². The van der Waals surface area contributed by atoms with Crippen molar-refractivity contribution < 1.29 is 9.53 Å². The molecule has 1 atom stereocenters. The number of anilines is 1. The molecular weight excluding hydrogens is 228 g/mol. The quantitative estimate of drug-likeness (QED) is 0.798. The van der Waals surface area contributed by atoms with E-state index in [4.69, 9.17) is 10.5 Å². The topological polar surface area (TPSA) is 64.3 Å². The van der Waals surface area contributed by atoms with Crippen LogP contribution in [0.1, 0.15) is 28.8 Å². The van der Waals surface area contributed by atoms with Crippen molar-refractivity contribution in [2.75, 3.05) is 25.5 Å². The number of rotatable bonds is 4. The van der Waals surface area contributed by atoms with Crippen LogP contribution in [-0.2, 0) is 4.74 Å². The number of aryl methyl sites for hydroxylation is 1. The first-order valence-electron chi connectivity index (χ1n) is 6.39. The van der Waals surface area contributed by atoms with E-state index < -0.39 is 0 Å². The van der Waals surface area contributed by atoms with Crippen LogP contribution in [0.2, 0.25) is 0 Å². The Bertz CT molecular complexity index is 426. The SMILES string of the molecule is Cc1cccc(C(=O)NCCC2CCOC2)c1N. The third-order valence-electron chi connectivity index (χ3n) is 3.43. The molecule has 0 radical (unpaired) electrons. The molecule has 0 saturated carbocycles. The summed E-state index contributed by atoms with van der Waals surface area (Å²) in [4.78, 5) is 12.0. The first-order chi connectivity index (χ1) is 8.68. The van der Waals surface area contributed by atoms with Crippen molar-refractivity contribution in [1.82, 2.24) is 5.32 Å². The van der Waals surface area contributed by atoms with Crippen LogP contribution < -0.4 is 11.1 Å². The van der Waals surface area contributed by atoms with Crippen molar-refractivity contribution in [3.05, 3.63) is 29.3 Å². The molecule has 1 fully saturated rings. The molecule has 1 aromatic carbocycles. The summed E-state index contributed by atoms with van der Waals surface area (Å²) in [7, 11) is 0. The second kappa shape index (κ2) is 5.87. The lowest BCUT2D eigenvalue weighted by molar-refractivity contribution is 0.0951. The minimum absolute atomic E-state index is 0.0879. The lowest BCUT2D eigenvalue weighted by Crippen LogP contribution is -2.27. The molecule has 4 nitrogen and oxygen atoms in total. The molecule has 1 aromatic rings. The number of nitrogens with one attached hydrogen (secondary N) is 1. The minimum atomic E-state index is -0.0879. The number of amides is 1. The van der Waals surface area contributed by atoms with Crippen LogP contribution in [0.4, 0.5) is 5.69 Å². The summed E-state index contributed by atoms with van der Waals surface area (Å²) in [5.74, 6) is 0.496. The van der Waals surface area contributed by atoms with Crippen LogP contribution in [0.15, 0.2) is 18.2 Å². The Labute approximate surface area is 108 Å². The minimum Gasteiger partial charge on any atom is -0.398 e. The van der Waals surface area contributed by atoms with Gasteiger partial charge in [0.05, 0.1) is 5.56 Å². The Kier molecular flexibility index (Phi) is 4.20. The fourth-order valence-electron chi connectivity index (χ4n) is 2.17. The lowest BCUT2D eigenvalue weighted by atomic mass is 10.0. The number of carbonyl (C=O) groups is 1. The van der Waals surface area contributed by atoms with E-state index in [1.54, 1.807) is 6.07 Å². The third kappa shape index (κ3) is 3.01. The normalized spacial score (nSPS) is 18.8. The van der Waals surface area contributed by atoms with Gasteiger partial charge in [-0.3, -0.25) is 4.79 Å². The summed E-state index contributed by atoms with van der Waals surface area (Å²) < 4.78 is 5.30. The smallest absolute Gasteiger partial charge is 0.253 e. The number of para-hydroxylation sites is 1. The molecule has 0 spiro atoms. The Morgan fingerprint density at radius 3 is 3.11 bits per heavy atom. The largest absolute Gasteiger partial charge is 0.398 e. The van der Waals surface area contributed by atoms with Crippen LogP contribution in [0.5, 0.6) is 0 Å². The maximum atomic E-state index is 12.0. The summed E-state index contributed by atoms with van der Waals surface area (Å²) in [5.41, 5.74) is 7.97. The Morgan fingerprint density at radius 1 is 1.56 bits per heavy atom. The highest BCUT2D eigenvalue weighted by molar-refractivity contribution is 5.99. The van der Waals surface area contributed by atoms with Crippen molar-refractivity contribution in [3.63, 3.8) is 0 Å². The fourth-order valence-corrected chi connectivity index (χ4v) is 2.17. The van der Waals surface area contributed by atoms with E-state index in [1.165, 1.54) is 0 Å². The molecule has 1 heterocycles. The zero-order chi connectivity index (χ0) is 13.0. The molecule has 1 aliphatic rings. The Morgan fingerprint density at radius 2 is 2.39 bits per heavy atom. The summed E-state index contributed by atoms with van der Waals surface area (Å²) in [6, 6.07) is 5.52. The first-order valence-corrected chi connectivity index (χ1v) is 6.39. The van der Waals surface area contributed by atoms with E-state index in [0.717, 1.165) is 31.6 Å². The maximum absolute atomic E-state index is 12.0. The zero-order valence-electron chi connectivity index (χ0n) is 10.7. The number of nitrogens with two attached hydrogens (primary N) is 1. The van der Waals surface area contributed by atoms with Gasteiger partial charge in [0.15, 0.2) is 0 Å². The second-order valence-electron chi connectivity index (χ2n) is 4.81. The van der Waals surface area contributed by atoms with Gasteiger partial charge in [-0.15, -0.1) is 0 Å². The number of hydrogen-bond donors (Lipinski definition) is 2. The van der Waals surface area contributed by atoms with Crippen LogP contribution in [0.25, 0.3) is 0 Å². The van der Waals surface area contributed by atoms with Gasteiger partial charge in [0.2, 0.25) is 0 Å². The van der Waals surface area contributed by atoms with E-state index in [2.05, 4.69) is 5.32 Å². The first kappa shape index (κ1) is 12.9. The highest BCUT2D eigenvalue weighted by Crippen LogP contribution is 2.17. The maximum Gasteiger partial charge on any atom is 0.253 e. The predicted molar refractivity (Wildman–Crippen MR) is 71.5 cm³/mol. The van der Waals surface area contributed by atoms with E-state index in [1.807, 2.05) is 19.1 Å². The van der Waals surface area contributed by atoms with Gasteiger partial charge in [0.1, 0.15) is 0 Å². The van der Waals surface area contributed by atoms with Gasteiger partial charge in [-0.1, -0.05) is 12.1 Å². The average molecular weight is 248 g/mol. The molecule has 2 rings (SSSR count). The second-order valence-corrected chi connectivity index (χ2v) is 4.81. The van der Waals surface area contributed by atoms with Crippen molar-refractivity contribution in [3.8, 4) is 0 Å². The highest BCUT2D eigenvalue weighted by atomic mass is 16.5. The number of ether oxygens (including phenoxy) is 1. The van der Waals surface area contributed by atoms with E-state index in [0.29, 0.717) is 23.7 Å². The van der Waals surface area contributed by atoms with Gasteiger partial charge in [0, 0.05) is 25.4 Å². The molecule has 1 unspecified atom stereocenters. The molecule has 18 heavy (non-hydrogen) atoms. The summed E-state index contributed by atoms with van der Waals surface area (Å²) in [6.45, 7) is 4.26. The molecule has 98 valence electrons. The molecule has 1 saturated heterocycles. The van der Waals surface area contributed by atoms with Crippen LogP contribution in [0.3, 0.4) is 0 Å². The van der Waals surface area contributed by atoms with Gasteiger partial charge in [-0.05, 0) is 37.3 Å². The molecular formula is C14H20N2O2. The van der Waals surface area contributed by atoms with E-state index in [9.17, 15) is 4.79 Å².